The van der Waals surface area contributed by atoms with Crippen molar-refractivity contribution in [2.75, 3.05) is 7.11 Å². The van der Waals surface area contributed by atoms with Gasteiger partial charge >= 0.3 is 0 Å². The van der Waals surface area contributed by atoms with Crippen molar-refractivity contribution in [3.05, 3.63) is 54.9 Å². The first kappa shape index (κ1) is 13.5. The van der Waals surface area contributed by atoms with Crippen molar-refractivity contribution in [1.29, 1.82) is 0 Å². The average molecular weight is 300 g/mol. The molecule has 0 bridgehead atoms. The van der Waals surface area contributed by atoms with Crippen LogP contribution in [0.1, 0.15) is 0 Å². The number of hydrogen-bond donors (Lipinski definition) is 0. The molecule has 0 radical (unpaired) electrons. The minimum atomic E-state index is -3.58. The molecule has 0 N–H and O–H groups in total. The van der Waals surface area contributed by atoms with Crippen molar-refractivity contribution >= 4 is 20.9 Å². The van der Waals surface area contributed by atoms with Gasteiger partial charge in [-0.05, 0) is 42.5 Å². The third-order valence-electron chi connectivity index (χ3n) is 3.12. The van der Waals surface area contributed by atoms with Gasteiger partial charge in [-0.25, -0.2) is 8.42 Å². The first-order chi connectivity index (χ1) is 10.1. The van der Waals surface area contributed by atoms with E-state index in [0.717, 1.165) is 0 Å². The summed E-state index contributed by atoms with van der Waals surface area (Å²) in [6.07, 6.45) is 3.10. The van der Waals surface area contributed by atoms with E-state index in [1.165, 1.54) is 37.6 Å². The predicted octanol–water partition coefficient (Wildman–Crippen LogP) is 2.47. The van der Waals surface area contributed by atoms with Gasteiger partial charge < -0.3 is 4.74 Å². The normalized spacial score (nSPS) is 11.5. The molecule has 3 rings (SSSR count). The summed E-state index contributed by atoms with van der Waals surface area (Å²) in [7, 11) is -2.05. The van der Waals surface area contributed by atoms with Gasteiger partial charge in [0.25, 0.3) is 0 Å². The molecule has 0 aliphatic carbocycles. The van der Waals surface area contributed by atoms with Crippen LogP contribution in [0.5, 0.6) is 5.75 Å². The predicted molar refractivity (Wildman–Crippen MR) is 78.0 cm³/mol. The van der Waals surface area contributed by atoms with E-state index in [9.17, 15) is 8.42 Å². The molecule has 0 aliphatic rings. The standard InChI is InChI=1S/C15H12N2O3S/c1-20-11-2-4-12(5-3-11)21(18,19)13-6-7-14-15(10-13)17-9-8-16-14/h2-10H,1H3. The highest BCUT2D eigenvalue weighted by Gasteiger charge is 2.18. The molecule has 106 valence electrons. The molecular formula is C15H12N2O3S. The molecule has 0 atom stereocenters. The van der Waals surface area contributed by atoms with Crippen molar-refractivity contribution in [2.45, 2.75) is 9.79 Å². The highest BCUT2D eigenvalue weighted by Crippen LogP contribution is 2.24. The molecule has 0 fully saturated rings. The Balaban J connectivity index is 2.10. The molecule has 0 unspecified atom stereocenters. The molecule has 0 amide bonds. The van der Waals surface area contributed by atoms with Gasteiger partial charge in [-0.1, -0.05) is 0 Å². The highest BCUT2D eigenvalue weighted by atomic mass is 32.2. The van der Waals surface area contributed by atoms with E-state index >= 15 is 0 Å². The lowest BCUT2D eigenvalue weighted by Crippen LogP contribution is -2.02. The summed E-state index contributed by atoms with van der Waals surface area (Å²) >= 11 is 0. The van der Waals surface area contributed by atoms with E-state index in [0.29, 0.717) is 16.8 Å². The fourth-order valence-corrected chi connectivity index (χ4v) is 3.28. The van der Waals surface area contributed by atoms with Crippen LogP contribution in [0.3, 0.4) is 0 Å². The van der Waals surface area contributed by atoms with Gasteiger partial charge in [0.1, 0.15) is 5.75 Å². The van der Waals surface area contributed by atoms with Gasteiger partial charge in [0.05, 0.1) is 27.9 Å². The Labute approximate surface area is 122 Å². The van der Waals surface area contributed by atoms with Crippen LogP contribution in [0.25, 0.3) is 11.0 Å². The summed E-state index contributed by atoms with van der Waals surface area (Å²) in [4.78, 5) is 8.66. The van der Waals surface area contributed by atoms with Crippen molar-refractivity contribution in [2.24, 2.45) is 0 Å². The van der Waals surface area contributed by atoms with E-state index in [-0.39, 0.29) is 9.79 Å². The number of hydrogen-bond acceptors (Lipinski definition) is 5. The zero-order chi connectivity index (χ0) is 14.9. The van der Waals surface area contributed by atoms with E-state index in [1.54, 1.807) is 24.4 Å². The lowest BCUT2D eigenvalue weighted by Gasteiger charge is -2.06. The Morgan fingerprint density at radius 2 is 1.48 bits per heavy atom. The van der Waals surface area contributed by atoms with E-state index in [4.69, 9.17) is 4.74 Å². The van der Waals surface area contributed by atoms with Crippen LogP contribution >= 0.6 is 0 Å². The molecular weight excluding hydrogens is 288 g/mol. The molecule has 1 heterocycles. The second-order valence-corrected chi connectivity index (χ2v) is 6.34. The minimum Gasteiger partial charge on any atom is -0.497 e. The van der Waals surface area contributed by atoms with Gasteiger partial charge in [-0.2, -0.15) is 0 Å². The molecule has 5 nitrogen and oxygen atoms in total. The van der Waals surface area contributed by atoms with Crippen LogP contribution in [-0.2, 0) is 9.84 Å². The van der Waals surface area contributed by atoms with Crippen molar-refractivity contribution < 1.29 is 13.2 Å². The molecule has 21 heavy (non-hydrogen) atoms. The second kappa shape index (κ2) is 5.14. The number of methoxy groups -OCH3 is 1. The summed E-state index contributed by atoms with van der Waals surface area (Å²) in [5.74, 6) is 0.610. The summed E-state index contributed by atoms with van der Waals surface area (Å²) < 4.78 is 30.2. The third-order valence-corrected chi connectivity index (χ3v) is 4.89. The fraction of sp³-hybridized carbons (Fsp3) is 0.0667. The lowest BCUT2D eigenvalue weighted by molar-refractivity contribution is 0.414. The number of benzene rings is 2. The molecule has 0 aliphatic heterocycles. The van der Waals surface area contributed by atoms with Crippen LogP contribution in [0.4, 0.5) is 0 Å². The topological polar surface area (TPSA) is 69.2 Å². The largest absolute Gasteiger partial charge is 0.497 e. The highest BCUT2D eigenvalue weighted by molar-refractivity contribution is 7.91. The van der Waals surface area contributed by atoms with E-state index < -0.39 is 9.84 Å². The summed E-state index contributed by atoms with van der Waals surface area (Å²) in [5, 5.41) is 0. The van der Waals surface area contributed by atoms with Crippen LogP contribution in [-0.4, -0.2) is 25.5 Å². The van der Waals surface area contributed by atoms with Crippen molar-refractivity contribution in [3.8, 4) is 5.75 Å². The quantitative estimate of drug-likeness (QED) is 0.743. The van der Waals surface area contributed by atoms with Crippen molar-refractivity contribution in [3.63, 3.8) is 0 Å². The molecule has 3 aromatic rings. The van der Waals surface area contributed by atoms with E-state index in [2.05, 4.69) is 9.97 Å². The molecule has 1 aromatic heterocycles. The number of ether oxygens (including phenoxy) is 1. The fourth-order valence-electron chi connectivity index (χ4n) is 2.00. The zero-order valence-electron chi connectivity index (χ0n) is 11.2. The first-order valence-electron chi connectivity index (χ1n) is 6.21. The number of rotatable bonds is 3. The van der Waals surface area contributed by atoms with Crippen LogP contribution < -0.4 is 4.74 Å². The third kappa shape index (κ3) is 2.45. The monoisotopic (exact) mass is 300 g/mol. The number of sulfone groups is 1. The zero-order valence-corrected chi connectivity index (χ0v) is 12.0. The van der Waals surface area contributed by atoms with Gasteiger partial charge in [-0.15, -0.1) is 0 Å². The minimum absolute atomic E-state index is 0.195. The van der Waals surface area contributed by atoms with E-state index in [1.807, 2.05) is 0 Å². The molecule has 2 aromatic carbocycles. The maximum Gasteiger partial charge on any atom is 0.206 e. The Kier molecular flexibility index (Phi) is 3.31. The number of aromatic nitrogens is 2. The summed E-state index contributed by atoms with van der Waals surface area (Å²) in [6, 6.07) is 11.0. The Hall–Kier alpha value is -2.47. The van der Waals surface area contributed by atoms with Crippen LogP contribution in [0.15, 0.2) is 64.6 Å². The molecule has 0 saturated carbocycles. The Bertz CT molecular complexity index is 890. The molecule has 0 spiro atoms. The van der Waals surface area contributed by atoms with Crippen LogP contribution in [0, 0.1) is 0 Å². The Morgan fingerprint density at radius 1 is 0.857 bits per heavy atom. The summed E-state index contributed by atoms with van der Waals surface area (Å²) in [6.45, 7) is 0. The van der Waals surface area contributed by atoms with Crippen molar-refractivity contribution in [1.82, 2.24) is 9.97 Å². The number of nitrogens with zero attached hydrogens (tertiary/aromatic N) is 2. The van der Waals surface area contributed by atoms with Gasteiger partial charge in [-0.3, -0.25) is 9.97 Å². The Morgan fingerprint density at radius 3 is 2.14 bits per heavy atom. The maximum absolute atomic E-state index is 12.6. The SMILES string of the molecule is COc1ccc(S(=O)(=O)c2ccc3nccnc3c2)cc1. The van der Waals surface area contributed by atoms with Gasteiger partial charge in [0.2, 0.25) is 9.84 Å². The van der Waals surface area contributed by atoms with Gasteiger partial charge in [0.15, 0.2) is 0 Å². The second-order valence-electron chi connectivity index (χ2n) is 4.39. The molecule has 6 heteroatoms. The number of fused-ring (bicyclic) bond motifs is 1. The smallest absolute Gasteiger partial charge is 0.206 e. The lowest BCUT2D eigenvalue weighted by atomic mass is 10.3. The summed E-state index contributed by atoms with van der Waals surface area (Å²) in [5.41, 5.74) is 1.21. The van der Waals surface area contributed by atoms with Crippen LogP contribution in [0.2, 0.25) is 0 Å². The first-order valence-corrected chi connectivity index (χ1v) is 7.69. The molecule has 0 saturated heterocycles. The maximum atomic E-state index is 12.6. The van der Waals surface area contributed by atoms with Gasteiger partial charge in [0, 0.05) is 12.4 Å². The average Bonchev–Trinajstić information content (AvgIpc) is 2.54.